The minimum Gasteiger partial charge on any atom is -0.497 e. The van der Waals surface area contributed by atoms with E-state index >= 15 is 0 Å². The number of fused-ring (bicyclic) bond motifs is 1. The van der Waals surface area contributed by atoms with Crippen molar-refractivity contribution in [3.63, 3.8) is 0 Å². The SMILES string of the molecule is COc1ccc2c(c1)[C@]13CCCC[C@@H]1[C@H](C2)N(CC(O)CN1CCOCC1)CC3. The quantitative estimate of drug-likeness (QED) is 0.823. The lowest BCUT2D eigenvalue weighted by atomic mass is 9.52. The third kappa shape index (κ3) is 3.60. The zero-order chi connectivity index (χ0) is 19.8. The molecule has 2 aliphatic heterocycles. The van der Waals surface area contributed by atoms with E-state index in [1.807, 2.05) is 0 Å². The van der Waals surface area contributed by atoms with Crippen molar-refractivity contribution >= 4 is 0 Å². The van der Waals surface area contributed by atoms with Gasteiger partial charge in [-0.15, -0.1) is 0 Å². The molecule has 29 heavy (non-hydrogen) atoms. The van der Waals surface area contributed by atoms with Crippen molar-refractivity contribution in [1.29, 1.82) is 0 Å². The molecule has 5 heteroatoms. The number of rotatable bonds is 5. The van der Waals surface area contributed by atoms with Crippen LogP contribution in [0.4, 0.5) is 0 Å². The molecule has 1 saturated carbocycles. The summed E-state index contributed by atoms with van der Waals surface area (Å²) in [5.41, 5.74) is 3.42. The van der Waals surface area contributed by atoms with Crippen molar-refractivity contribution < 1.29 is 14.6 Å². The summed E-state index contributed by atoms with van der Waals surface area (Å²) < 4.78 is 11.0. The number of nitrogens with zero attached hydrogens (tertiary/aromatic N) is 2. The highest BCUT2D eigenvalue weighted by atomic mass is 16.5. The van der Waals surface area contributed by atoms with Gasteiger partial charge >= 0.3 is 0 Å². The molecule has 2 bridgehead atoms. The Hall–Kier alpha value is -1.14. The molecule has 2 heterocycles. The standard InChI is InChI=1S/C24H36N2O3/c1-28-20-6-5-18-14-23-21-4-2-3-7-24(21,22(18)15-20)8-9-26(23)17-19(27)16-25-10-12-29-13-11-25/h5-6,15,19,21,23,27H,2-4,7-14,16-17H2,1H3/t19?,21-,23+,24+/m1/s1. The van der Waals surface area contributed by atoms with Crippen molar-refractivity contribution in [3.05, 3.63) is 29.3 Å². The van der Waals surface area contributed by atoms with E-state index in [2.05, 4.69) is 28.0 Å². The molecular formula is C24H36N2O3. The predicted molar refractivity (Wildman–Crippen MR) is 114 cm³/mol. The van der Waals surface area contributed by atoms with Gasteiger partial charge in [0.05, 0.1) is 26.4 Å². The second kappa shape index (κ2) is 8.18. The summed E-state index contributed by atoms with van der Waals surface area (Å²) >= 11 is 0. The Morgan fingerprint density at radius 2 is 2.03 bits per heavy atom. The Morgan fingerprint density at radius 3 is 2.86 bits per heavy atom. The van der Waals surface area contributed by atoms with Crippen molar-refractivity contribution in [1.82, 2.24) is 9.80 Å². The second-order valence-electron chi connectivity index (χ2n) is 9.61. The van der Waals surface area contributed by atoms with Crippen LogP contribution in [0.1, 0.15) is 43.2 Å². The van der Waals surface area contributed by atoms with Gasteiger partial charge in [-0.2, -0.15) is 0 Å². The van der Waals surface area contributed by atoms with Crippen LogP contribution in [0.15, 0.2) is 18.2 Å². The molecule has 4 atom stereocenters. The van der Waals surface area contributed by atoms with Crippen LogP contribution in [0.25, 0.3) is 0 Å². The zero-order valence-corrected chi connectivity index (χ0v) is 17.8. The number of aliphatic hydroxyl groups excluding tert-OH is 1. The Labute approximate surface area is 175 Å². The van der Waals surface area contributed by atoms with Crippen LogP contribution in [-0.4, -0.2) is 80.1 Å². The highest BCUT2D eigenvalue weighted by Gasteiger charge is 2.53. The summed E-state index contributed by atoms with van der Waals surface area (Å²) in [4.78, 5) is 4.98. The number of likely N-dealkylation sites (tertiary alicyclic amines) is 1. The van der Waals surface area contributed by atoms with Gasteiger partial charge in [-0.1, -0.05) is 18.9 Å². The van der Waals surface area contributed by atoms with E-state index in [-0.39, 0.29) is 6.10 Å². The van der Waals surface area contributed by atoms with Crippen LogP contribution in [0.3, 0.4) is 0 Å². The topological polar surface area (TPSA) is 45.2 Å². The molecule has 2 aliphatic carbocycles. The first-order chi connectivity index (χ1) is 14.2. The van der Waals surface area contributed by atoms with Gasteiger partial charge in [-0.3, -0.25) is 9.80 Å². The van der Waals surface area contributed by atoms with Crippen LogP contribution in [0.5, 0.6) is 5.75 Å². The summed E-state index contributed by atoms with van der Waals surface area (Å²) in [5.74, 6) is 1.73. The maximum absolute atomic E-state index is 10.9. The first kappa shape index (κ1) is 19.8. The number of benzene rings is 1. The third-order valence-corrected chi connectivity index (χ3v) is 8.18. The van der Waals surface area contributed by atoms with E-state index in [9.17, 15) is 5.11 Å². The maximum atomic E-state index is 10.9. The number of hydrogen-bond acceptors (Lipinski definition) is 5. The van der Waals surface area contributed by atoms with Crippen LogP contribution >= 0.6 is 0 Å². The van der Waals surface area contributed by atoms with E-state index in [1.54, 1.807) is 12.7 Å². The van der Waals surface area contributed by atoms with Crippen molar-refractivity contribution in [3.8, 4) is 5.75 Å². The molecule has 160 valence electrons. The van der Waals surface area contributed by atoms with Gasteiger partial charge in [0.1, 0.15) is 5.75 Å². The molecule has 1 N–H and O–H groups in total. The largest absolute Gasteiger partial charge is 0.497 e. The molecule has 0 spiro atoms. The molecule has 2 saturated heterocycles. The number of morpholine rings is 1. The summed E-state index contributed by atoms with van der Waals surface area (Å²) in [6.07, 6.45) is 7.41. The highest BCUT2D eigenvalue weighted by molar-refractivity contribution is 5.45. The van der Waals surface area contributed by atoms with Crippen LogP contribution in [-0.2, 0) is 16.6 Å². The molecular weight excluding hydrogens is 364 g/mol. The lowest BCUT2D eigenvalue weighted by Gasteiger charge is -2.59. The third-order valence-electron chi connectivity index (χ3n) is 8.18. The number of β-amino-alcohol motifs (C(OH)–C–C–N with tert-alkyl or cyclic N) is 1. The van der Waals surface area contributed by atoms with E-state index in [0.29, 0.717) is 11.5 Å². The molecule has 1 aromatic carbocycles. The smallest absolute Gasteiger partial charge is 0.119 e. The number of ether oxygens (including phenoxy) is 2. The fraction of sp³-hybridized carbons (Fsp3) is 0.750. The lowest BCUT2D eigenvalue weighted by molar-refractivity contribution is -0.0415. The average Bonchev–Trinajstić information content (AvgIpc) is 2.76. The minimum absolute atomic E-state index is 0.276. The predicted octanol–water partition coefficient (Wildman–Crippen LogP) is 2.45. The molecule has 3 fully saturated rings. The number of aliphatic hydroxyl groups is 1. The van der Waals surface area contributed by atoms with E-state index < -0.39 is 0 Å². The maximum Gasteiger partial charge on any atom is 0.119 e. The van der Waals surface area contributed by atoms with Crippen LogP contribution in [0.2, 0.25) is 0 Å². The van der Waals surface area contributed by atoms with Gasteiger partial charge in [0.25, 0.3) is 0 Å². The Bertz CT molecular complexity index is 720. The van der Waals surface area contributed by atoms with Gasteiger partial charge in [0.2, 0.25) is 0 Å². The normalized spacial score (nSPS) is 33.6. The monoisotopic (exact) mass is 400 g/mol. The van der Waals surface area contributed by atoms with Gasteiger partial charge in [-0.05, 0) is 61.4 Å². The van der Waals surface area contributed by atoms with E-state index in [0.717, 1.165) is 64.0 Å². The van der Waals surface area contributed by atoms with Crippen LogP contribution in [0, 0.1) is 5.92 Å². The first-order valence-corrected chi connectivity index (χ1v) is 11.6. The highest BCUT2D eigenvalue weighted by Crippen LogP contribution is 2.56. The number of piperidine rings is 1. The van der Waals surface area contributed by atoms with Crippen molar-refractivity contribution in [2.24, 2.45) is 5.92 Å². The Balaban J connectivity index is 1.36. The molecule has 4 aliphatic rings. The fourth-order valence-electron chi connectivity index (χ4n) is 6.83. The van der Waals surface area contributed by atoms with Gasteiger partial charge < -0.3 is 14.6 Å². The second-order valence-corrected chi connectivity index (χ2v) is 9.61. The van der Waals surface area contributed by atoms with Gasteiger partial charge in [0.15, 0.2) is 0 Å². The van der Waals surface area contributed by atoms with Gasteiger partial charge in [-0.25, -0.2) is 0 Å². The molecule has 0 radical (unpaired) electrons. The summed E-state index contributed by atoms with van der Waals surface area (Å²) in [6.45, 7) is 6.17. The molecule has 5 rings (SSSR count). The van der Waals surface area contributed by atoms with Crippen molar-refractivity contribution in [2.45, 2.75) is 56.1 Å². The fourth-order valence-corrected chi connectivity index (χ4v) is 6.83. The first-order valence-electron chi connectivity index (χ1n) is 11.6. The van der Waals surface area contributed by atoms with Gasteiger partial charge in [0, 0.05) is 37.6 Å². The number of hydrogen-bond donors (Lipinski definition) is 1. The summed E-state index contributed by atoms with van der Waals surface area (Å²) in [7, 11) is 1.78. The van der Waals surface area contributed by atoms with E-state index in [1.165, 1.54) is 37.7 Å². The number of methoxy groups -OCH3 is 1. The van der Waals surface area contributed by atoms with E-state index in [4.69, 9.17) is 9.47 Å². The average molecular weight is 401 g/mol. The van der Waals surface area contributed by atoms with Crippen molar-refractivity contribution in [2.75, 3.05) is 53.0 Å². The molecule has 1 aromatic rings. The zero-order valence-electron chi connectivity index (χ0n) is 17.8. The molecule has 0 amide bonds. The summed E-state index contributed by atoms with van der Waals surface area (Å²) in [5, 5.41) is 10.9. The minimum atomic E-state index is -0.276. The molecule has 1 unspecified atom stereocenters. The Morgan fingerprint density at radius 1 is 1.17 bits per heavy atom. The Kier molecular flexibility index (Phi) is 5.59. The lowest BCUT2D eigenvalue weighted by Crippen LogP contribution is -2.62. The van der Waals surface area contributed by atoms with Crippen LogP contribution < -0.4 is 4.74 Å². The molecule has 0 aromatic heterocycles. The molecule has 5 nitrogen and oxygen atoms in total. The summed E-state index contributed by atoms with van der Waals surface area (Å²) in [6, 6.07) is 7.35.